The van der Waals surface area contributed by atoms with Gasteiger partial charge in [-0.1, -0.05) is 24.3 Å². The molecule has 29 heavy (non-hydrogen) atoms. The number of carbonyl (C=O) groups is 1. The van der Waals surface area contributed by atoms with Crippen molar-refractivity contribution in [2.24, 2.45) is 0 Å². The molecule has 0 radical (unpaired) electrons. The van der Waals surface area contributed by atoms with Crippen LogP contribution in [0.1, 0.15) is 21.5 Å². The van der Waals surface area contributed by atoms with Crippen molar-refractivity contribution in [2.45, 2.75) is 13.2 Å². The van der Waals surface area contributed by atoms with E-state index in [1.807, 2.05) is 0 Å². The van der Waals surface area contributed by atoms with E-state index in [2.05, 4.69) is 0 Å². The second-order valence-electron chi connectivity index (χ2n) is 6.06. The van der Waals surface area contributed by atoms with Gasteiger partial charge in [-0.3, -0.25) is 10.1 Å². The summed E-state index contributed by atoms with van der Waals surface area (Å²) in [5.74, 6) is -1.68. The lowest BCUT2D eigenvalue weighted by molar-refractivity contribution is -0.385. The third kappa shape index (κ3) is 5.35. The van der Waals surface area contributed by atoms with E-state index in [4.69, 9.17) is 9.47 Å². The van der Waals surface area contributed by atoms with E-state index >= 15 is 0 Å². The Morgan fingerprint density at radius 2 is 1.52 bits per heavy atom. The van der Waals surface area contributed by atoms with Gasteiger partial charge in [0.05, 0.1) is 11.0 Å². The van der Waals surface area contributed by atoms with Crippen LogP contribution in [-0.4, -0.2) is 10.9 Å². The zero-order valence-corrected chi connectivity index (χ0v) is 15.0. The molecule has 0 heterocycles. The molecule has 0 aliphatic rings. The largest absolute Gasteiger partial charge is 0.489 e. The first-order chi connectivity index (χ1) is 13.9. The maximum atomic E-state index is 13.2. The van der Waals surface area contributed by atoms with E-state index in [0.717, 1.165) is 6.07 Å². The van der Waals surface area contributed by atoms with Gasteiger partial charge in [0.15, 0.2) is 0 Å². The maximum absolute atomic E-state index is 13.2. The summed E-state index contributed by atoms with van der Waals surface area (Å²) < 4.78 is 36.9. The summed E-state index contributed by atoms with van der Waals surface area (Å²) in [6.07, 6.45) is 0. The van der Waals surface area contributed by atoms with E-state index in [1.54, 1.807) is 12.1 Å². The summed E-state index contributed by atoms with van der Waals surface area (Å²) >= 11 is 0. The summed E-state index contributed by atoms with van der Waals surface area (Å²) in [6.45, 7) is -0.232. The van der Waals surface area contributed by atoms with Gasteiger partial charge in [0.25, 0.3) is 5.69 Å². The number of rotatable bonds is 7. The molecule has 0 aromatic heterocycles. The van der Waals surface area contributed by atoms with Gasteiger partial charge in [-0.15, -0.1) is 0 Å². The molecule has 3 aromatic carbocycles. The van der Waals surface area contributed by atoms with Crippen molar-refractivity contribution in [3.8, 4) is 5.75 Å². The smallest absolute Gasteiger partial charge is 0.345 e. The lowest BCUT2D eigenvalue weighted by atomic mass is 10.1. The number of halogens is 2. The first-order valence-corrected chi connectivity index (χ1v) is 8.49. The Bertz CT molecular complexity index is 1050. The van der Waals surface area contributed by atoms with Gasteiger partial charge >= 0.3 is 5.97 Å². The van der Waals surface area contributed by atoms with Gasteiger partial charge in [-0.25, -0.2) is 13.6 Å². The SMILES string of the molecule is O=C(OCc1cccc(F)c1)c1ccc(OCc2cccc(F)c2)cc1[N+](=O)[O-]. The summed E-state index contributed by atoms with van der Waals surface area (Å²) in [6, 6.07) is 14.9. The fourth-order valence-corrected chi connectivity index (χ4v) is 2.57. The quantitative estimate of drug-likeness (QED) is 0.324. The van der Waals surface area contributed by atoms with E-state index in [1.165, 1.54) is 48.5 Å². The molecule has 0 aliphatic carbocycles. The van der Waals surface area contributed by atoms with Crippen LogP contribution in [0.15, 0.2) is 66.7 Å². The Kier molecular flexibility index (Phi) is 6.13. The number of nitrogens with zero attached hydrogens (tertiary/aromatic N) is 1. The van der Waals surface area contributed by atoms with Crippen molar-refractivity contribution in [2.75, 3.05) is 0 Å². The van der Waals surface area contributed by atoms with Crippen molar-refractivity contribution in [3.63, 3.8) is 0 Å². The highest BCUT2D eigenvalue weighted by atomic mass is 19.1. The van der Waals surface area contributed by atoms with Crippen LogP contribution in [0.5, 0.6) is 5.75 Å². The lowest BCUT2D eigenvalue weighted by Crippen LogP contribution is -2.09. The molecular weight excluding hydrogens is 384 g/mol. The zero-order chi connectivity index (χ0) is 20.8. The number of hydrogen-bond acceptors (Lipinski definition) is 5. The molecule has 0 bridgehead atoms. The molecule has 0 atom stereocenters. The lowest BCUT2D eigenvalue weighted by Gasteiger charge is -2.09. The average Bonchev–Trinajstić information content (AvgIpc) is 2.70. The molecule has 3 rings (SSSR count). The Balaban J connectivity index is 1.71. The Morgan fingerprint density at radius 1 is 0.897 bits per heavy atom. The van der Waals surface area contributed by atoms with Crippen LogP contribution >= 0.6 is 0 Å². The van der Waals surface area contributed by atoms with Crippen LogP contribution in [0.4, 0.5) is 14.5 Å². The number of benzene rings is 3. The second-order valence-corrected chi connectivity index (χ2v) is 6.06. The highest BCUT2D eigenvalue weighted by Gasteiger charge is 2.22. The molecule has 0 spiro atoms. The minimum atomic E-state index is -0.919. The van der Waals surface area contributed by atoms with Crippen LogP contribution in [0, 0.1) is 21.7 Å². The zero-order valence-electron chi connectivity index (χ0n) is 15.0. The maximum Gasteiger partial charge on any atom is 0.345 e. The van der Waals surface area contributed by atoms with Crippen molar-refractivity contribution in [1.82, 2.24) is 0 Å². The molecule has 0 unspecified atom stereocenters. The topological polar surface area (TPSA) is 78.7 Å². The predicted molar refractivity (Wildman–Crippen MR) is 99.3 cm³/mol. The molecule has 3 aromatic rings. The molecule has 6 nitrogen and oxygen atoms in total. The predicted octanol–water partition coefficient (Wildman–Crippen LogP) is 4.81. The summed E-state index contributed by atoms with van der Waals surface area (Å²) in [5, 5.41) is 11.4. The minimum absolute atomic E-state index is 0.00171. The van der Waals surface area contributed by atoms with Crippen molar-refractivity contribution in [1.29, 1.82) is 0 Å². The third-order valence-corrected chi connectivity index (χ3v) is 3.94. The summed E-state index contributed by atoms with van der Waals surface area (Å²) in [7, 11) is 0. The fraction of sp³-hybridized carbons (Fsp3) is 0.0952. The van der Waals surface area contributed by atoms with Crippen molar-refractivity contribution in [3.05, 3.63) is 105 Å². The average molecular weight is 399 g/mol. The van der Waals surface area contributed by atoms with Crippen LogP contribution in [-0.2, 0) is 18.0 Å². The first-order valence-electron chi connectivity index (χ1n) is 8.49. The molecule has 0 saturated carbocycles. The van der Waals surface area contributed by atoms with Gasteiger partial charge in [0.2, 0.25) is 0 Å². The standard InChI is InChI=1S/C21H15F2NO5/c22-16-5-1-3-14(9-16)12-28-18-7-8-19(20(11-18)24(26)27)21(25)29-13-15-4-2-6-17(23)10-15/h1-11H,12-13H2. The minimum Gasteiger partial charge on any atom is -0.489 e. The number of nitro benzene ring substituents is 1. The molecule has 0 amide bonds. The Morgan fingerprint density at radius 3 is 2.10 bits per heavy atom. The number of esters is 1. The monoisotopic (exact) mass is 399 g/mol. The number of carbonyl (C=O) groups excluding carboxylic acids is 1. The molecule has 0 N–H and O–H groups in total. The van der Waals surface area contributed by atoms with Gasteiger partial charge in [0, 0.05) is 0 Å². The van der Waals surface area contributed by atoms with Crippen molar-refractivity contribution < 1.29 is 28.0 Å². The van der Waals surface area contributed by atoms with Crippen molar-refractivity contribution >= 4 is 11.7 Å². The van der Waals surface area contributed by atoms with E-state index in [0.29, 0.717) is 11.1 Å². The highest BCUT2D eigenvalue weighted by Crippen LogP contribution is 2.26. The Labute approximate surface area is 164 Å². The molecule has 8 heteroatoms. The van der Waals surface area contributed by atoms with Crippen LogP contribution in [0.3, 0.4) is 0 Å². The van der Waals surface area contributed by atoms with Crippen LogP contribution < -0.4 is 4.74 Å². The molecule has 0 saturated heterocycles. The molecule has 148 valence electrons. The van der Waals surface area contributed by atoms with E-state index in [-0.39, 0.29) is 24.5 Å². The number of hydrogen-bond donors (Lipinski definition) is 0. The van der Waals surface area contributed by atoms with Gasteiger partial charge in [-0.05, 0) is 47.5 Å². The fourth-order valence-electron chi connectivity index (χ4n) is 2.57. The third-order valence-electron chi connectivity index (χ3n) is 3.94. The van der Waals surface area contributed by atoms with E-state index in [9.17, 15) is 23.7 Å². The van der Waals surface area contributed by atoms with Crippen LogP contribution in [0.25, 0.3) is 0 Å². The van der Waals surface area contributed by atoms with Gasteiger partial charge in [-0.2, -0.15) is 0 Å². The van der Waals surface area contributed by atoms with E-state index < -0.39 is 28.2 Å². The number of ether oxygens (including phenoxy) is 2. The second kappa shape index (κ2) is 8.92. The van der Waals surface area contributed by atoms with Gasteiger partial charge in [0.1, 0.15) is 36.2 Å². The summed E-state index contributed by atoms with van der Waals surface area (Å²) in [5.41, 5.74) is 0.206. The molecule has 0 fully saturated rings. The highest BCUT2D eigenvalue weighted by molar-refractivity contribution is 5.94. The molecule has 0 aliphatic heterocycles. The molecular formula is C21H15F2NO5. The Hall–Kier alpha value is -3.81. The summed E-state index contributed by atoms with van der Waals surface area (Å²) in [4.78, 5) is 22.9. The van der Waals surface area contributed by atoms with Crippen LogP contribution in [0.2, 0.25) is 0 Å². The first kappa shape index (κ1) is 19.9. The normalized spacial score (nSPS) is 10.4. The number of nitro groups is 1. The van der Waals surface area contributed by atoms with Gasteiger partial charge < -0.3 is 9.47 Å².